The number of carbonyl (C=O) groups is 1. The zero-order chi connectivity index (χ0) is 18.9. The Morgan fingerprint density at radius 2 is 1.37 bits per heavy atom. The topological polar surface area (TPSA) is 76.0 Å². The Labute approximate surface area is 181 Å². The summed E-state index contributed by atoms with van der Waals surface area (Å²) in [7, 11) is 0. The fourth-order valence-corrected chi connectivity index (χ4v) is 4.62. The first-order chi connectivity index (χ1) is 12.9. The van der Waals surface area contributed by atoms with Gasteiger partial charge in [0.05, 0.1) is 12.7 Å². The van der Waals surface area contributed by atoms with E-state index in [2.05, 4.69) is 0 Å². The molecule has 0 atom stereocenters. The number of phenolic OH excluding ortho intramolecular Hbond substituents is 2. The molecule has 7 heteroatoms. The van der Waals surface area contributed by atoms with Crippen LogP contribution in [0.5, 0.6) is 23.0 Å². The van der Waals surface area contributed by atoms with Crippen LogP contribution in [0.15, 0.2) is 48.5 Å². The molecule has 0 saturated heterocycles. The van der Waals surface area contributed by atoms with Crippen molar-refractivity contribution in [2.45, 2.75) is 5.60 Å². The van der Waals surface area contributed by atoms with Crippen LogP contribution in [-0.2, 0) is 10.3 Å². The van der Waals surface area contributed by atoms with Crippen LogP contribution in [0.2, 0.25) is 0 Å². The Morgan fingerprint density at radius 1 is 0.815 bits per heavy atom. The molecule has 3 aromatic carbocycles. The van der Waals surface area contributed by atoms with Crippen LogP contribution in [0.25, 0.3) is 0 Å². The van der Waals surface area contributed by atoms with Crippen molar-refractivity contribution >= 4 is 51.2 Å². The molecule has 5 rings (SSSR count). The summed E-state index contributed by atoms with van der Waals surface area (Å²) in [6, 6.07) is 13.8. The molecule has 0 fully saturated rings. The van der Waals surface area contributed by atoms with Gasteiger partial charge < -0.3 is 19.7 Å². The second kappa shape index (κ2) is 5.74. The molecular formula is C20H10I2O5. The van der Waals surface area contributed by atoms with Gasteiger partial charge in [-0.15, -0.1) is 0 Å². The zero-order valence-corrected chi connectivity index (χ0v) is 17.8. The number of ether oxygens (including phenoxy) is 2. The number of esters is 1. The number of rotatable bonds is 0. The molecule has 0 radical (unpaired) electrons. The lowest BCUT2D eigenvalue weighted by atomic mass is 9.77. The third-order valence-electron chi connectivity index (χ3n) is 4.85. The van der Waals surface area contributed by atoms with Crippen LogP contribution in [0.1, 0.15) is 27.0 Å². The number of halogens is 2. The lowest BCUT2D eigenvalue weighted by Crippen LogP contribution is -2.33. The standard InChI is InChI=1S/C20H10I2O5/c21-13-5-11-17(7-15(13)23)26-18-8-16(24)14(22)6-12(18)20(11)10-4-2-1-3-9(10)19(25)27-20/h1-8,23-24H. The van der Waals surface area contributed by atoms with Crippen molar-refractivity contribution in [1.82, 2.24) is 0 Å². The molecule has 0 aliphatic carbocycles. The average molecular weight is 584 g/mol. The smallest absolute Gasteiger partial charge is 0.340 e. The molecule has 0 bridgehead atoms. The Morgan fingerprint density at radius 3 is 1.96 bits per heavy atom. The summed E-state index contributed by atoms with van der Waals surface area (Å²) in [6.07, 6.45) is 0. The third-order valence-corrected chi connectivity index (χ3v) is 6.58. The Bertz CT molecular complexity index is 1100. The molecule has 0 aromatic heterocycles. The summed E-state index contributed by atoms with van der Waals surface area (Å²) in [5.41, 5.74) is 1.28. The van der Waals surface area contributed by atoms with E-state index in [1.165, 1.54) is 12.1 Å². The van der Waals surface area contributed by atoms with Gasteiger partial charge in [0.2, 0.25) is 0 Å². The predicted octanol–water partition coefficient (Wildman–Crippen LogP) is 4.88. The van der Waals surface area contributed by atoms with Gasteiger partial charge in [0.25, 0.3) is 0 Å². The van der Waals surface area contributed by atoms with Gasteiger partial charge in [0, 0.05) is 28.8 Å². The SMILES string of the molecule is O=C1OC2(c3cc(I)c(O)cc3Oc3cc(O)c(I)cc32)c2ccccc21. The molecule has 134 valence electrons. The van der Waals surface area contributed by atoms with Crippen molar-refractivity contribution < 1.29 is 24.5 Å². The first-order valence-corrected chi connectivity index (χ1v) is 10.1. The molecule has 0 unspecified atom stereocenters. The van der Waals surface area contributed by atoms with Gasteiger partial charge in [-0.3, -0.25) is 0 Å². The van der Waals surface area contributed by atoms with Gasteiger partial charge in [0.1, 0.15) is 23.0 Å². The molecule has 2 aliphatic rings. The fraction of sp³-hybridized carbons (Fsp3) is 0.0500. The maximum atomic E-state index is 12.7. The van der Waals surface area contributed by atoms with E-state index in [0.717, 1.165) is 0 Å². The minimum Gasteiger partial charge on any atom is -0.507 e. The van der Waals surface area contributed by atoms with Crippen LogP contribution < -0.4 is 4.74 Å². The average Bonchev–Trinajstić information content (AvgIpc) is 2.93. The molecule has 3 aromatic rings. The maximum absolute atomic E-state index is 12.7. The van der Waals surface area contributed by atoms with E-state index in [1.54, 1.807) is 24.3 Å². The second-order valence-electron chi connectivity index (χ2n) is 6.32. The minimum absolute atomic E-state index is 0.0697. The quantitative estimate of drug-likeness (QED) is 0.292. The van der Waals surface area contributed by atoms with Crippen LogP contribution >= 0.6 is 45.2 Å². The van der Waals surface area contributed by atoms with Gasteiger partial charge in [-0.1, -0.05) is 18.2 Å². The van der Waals surface area contributed by atoms with E-state index in [9.17, 15) is 15.0 Å². The predicted molar refractivity (Wildman–Crippen MR) is 113 cm³/mol. The van der Waals surface area contributed by atoms with E-state index in [0.29, 0.717) is 40.9 Å². The summed E-state index contributed by atoms with van der Waals surface area (Å²) >= 11 is 4.06. The third kappa shape index (κ3) is 2.24. The Kier molecular flexibility index (Phi) is 3.64. The number of benzene rings is 3. The van der Waals surface area contributed by atoms with Crippen LogP contribution in [0, 0.1) is 7.14 Å². The van der Waals surface area contributed by atoms with Crippen molar-refractivity contribution in [3.63, 3.8) is 0 Å². The van der Waals surface area contributed by atoms with Crippen molar-refractivity contribution in [2.24, 2.45) is 0 Å². The highest BCUT2D eigenvalue weighted by molar-refractivity contribution is 14.1. The maximum Gasteiger partial charge on any atom is 0.340 e. The van der Waals surface area contributed by atoms with Crippen molar-refractivity contribution in [3.05, 3.63) is 77.9 Å². The van der Waals surface area contributed by atoms with E-state index < -0.39 is 11.6 Å². The lowest BCUT2D eigenvalue weighted by molar-refractivity contribution is 0.0223. The zero-order valence-electron chi connectivity index (χ0n) is 13.5. The molecule has 5 nitrogen and oxygen atoms in total. The van der Waals surface area contributed by atoms with E-state index in [4.69, 9.17) is 9.47 Å². The summed E-state index contributed by atoms with van der Waals surface area (Å²) in [5, 5.41) is 20.3. The van der Waals surface area contributed by atoms with Gasteiger partial charge in [-0.05, 0) is 63.4 Å². The second-order valence-corrected chi connectivity index (χ2v) is 8.64. The number of carbonyl (C=O) groups excluding carboxylic acids is 1. The molecule has 1 spiro atoms. The first-order valence-electron chi connectivity index (χ1n) is 7.98. The summed E-state index contributed by atoms with van der Waals surface area (Å²) < 4.78 is 13.2. The molecule has 0 saturated carbocycles. The number of aromatic hydroxyl groups is 2. The highest BCUT2D eigenvalue weighted by Crippen LogP contribution is 2.57. The largest absolute Gasteiger partial charge is 0.507 e. The highest BCUT2D eigenvalue weighted by atomic mass is 127. The van der Waals surface area contributed by atoms with Crippen LogP contribution in [0.4, 0.5) is 0 Å². The molecule has 2 heterocycles. The summed E-state index contributed by atoms with van der Waals surface area (Å²) in [4.78, 5) is 12.7. The lowest BCUT2D eigenvalue weighted by Gasteiger charge is -2.36. The summed E-state index contributed by atoms with van der Waals surface area (Å²) in [6.45, 7) is 0. The van der Waals surface area contributed by atoms with Gasteiger partial charge in [0.15, 0.2) is 5.60 Å². The van der Waals surface area contributed by atoms with E-state index >= 15 is 0 Å². The molecular weight excluding hydrogens is 574 g/mol. The Hall–Kier alpha value is -2.01. The van der Waals surface area contributed by atoms with Gasteiger partial charge >= 0.3 is 5.97 Å². The van der Waals surface area contributed by atoms with E-state index in [-0.39, 0.29) is 11.5 Å². The fourth-order valence-electron chi connectivity index (χ4n) is 3.69. The van der Waals surface area contributed by atoms with Crippen LogP contribution in [0.3, 0.4) is 0 Å². The normalized spacial score (nSPS) is 15.6. The number of fused-ring (bicyclic) bond motifs is 6. The minimum atomic E-state index is -1.20. The molecule has 27 heavy (non-hydrogen) atoms. The molecule has 2 N–H and O–H groups in total. The van der Waals surface area contributed by atoms with Gasteiger partial charge in [-0.2, -0.15) is 0 Å². The Balaban J connectivity index is 1.94. The molecule has 0 amide bonds. The van der Waals surface area contributed by atoms with E-state index in [1.807, 2.05) is 57.3 Å². The van der Waals surface area contributed by atoms with Crippen molar-refractivity contribution in [3.8, 4) is 23.0 Å². The van der Waals surface area contributed by atoms with Crippen molar-refractivity contribution in [2.75, 3.05) is 0 Å². The first kappa shape index (κ1) is 17.1. The number of hydrogen-bond acceptors (Lipinski definition) is 5. The monoisotopic (exact) mass is 584 g/mol. The van der Waals surface area contributed by atoms with Crippen LogP contribution in [-0.4, -0.2) is 16.2 Å². The molecule has 2 aliphatic heterocycles. The van der Waals surface area contributed by atoms with Gasteiger partial charge in [-0.25, -0.2) is 4.79 Å². The highest BCUT2D eigenvalue weighted by Gasteiger charge is 2.54. The number of hydrogen-bond donors (Lipinski definition) is 2. The number of phenols is 2. The summed E-state index contributed by atoms with van der Waals surface area (Å²) in [5.74, 6) is 0.479. The van der Waals surface area contributed by atoms with Crippen molar-refractivity contribution in [1.29, 1.82) is 0 Å².